The summed E-state index contributed by atoms with van der Waals surface area (Å²) in [6, 6.07) is 3.68. The van der Waals surface area contributed by atoms with Crippen molar-refractivity contribution in [2.45, 2.75) is 6.92 Å². The summed E-state index contributed by atoms with van der Waals surface area (Å²) in [4.78, 5) is 12.8. The molecule has 0 amide bonds. The zero-order chi connectivity index (χ0) is 11.8. The summed E-state index contributed by atoms with van der Waals surface area (Å²) in [5.41, 5.74) is 2.36. The smallest absolute Gasteiger partial charge is 0.215 e. The quantitative estimate of drug-likeness (QED) is 0.747. The molecule has 0 aliphatic heterocycles. The third-order valence-electron chi connectivity index (χ3n) is 2.40. The van der Waals surface area contributed by atoms with E-state index in [-0.39, 0.29) is 0 Å². The van der Waals surface area contributed by atoms with Crippen LogP contribution in [-0.2, 0) is 0 Å². The van der Waals surface area contributed by atoms with E-state index < -0.39 is 0 Å². The number of rotatable bonds is 2. The van der Waals surface area contributed by atoms with Gasteiger partial charge in [0.1, 0.15) is 4.88 Å². The van der Waals surface area contributed by atoms with Gasteiger partial charge in [-0.25, -0.2) is 4.98 Å². The fourth-order valence-corrected chi connectivity index (χ4v) is 2.15. The number of H-pyrrole nitrogens is 1. The first kappa shape index (κ1) is 10.2. The van der Waals surface area contributed by atoms with Gasteiger partial charge in [0.2, 0.25) is 5.88 Å². The molecule has 0 aromatic carbocycles. The Hall–Kier alpha value is -2.02. The maximum absolute atomic E-state index is 5.06. The standard InChI is InChI=1S/C10H9N5OS/c1-5-8(17-15-14-5)10-11-6-3-4-7(16-2)12-9(6)13-10/h3-4H,1-2H3,(H,11,12,13). The number of methoxy groups -OCH3 is 1. The number of aryl methyl sites for hydroxylation is 1. The van der Waals surface area contributed by atoms with Crippen molar-refractivity contribution >= 4 is 22.7 Å². The Morgan fingerprint density at radius 1 is 1.29 bits per heavy atom. The number of nitrogens with zero attached hydrogens (tertiary/aromatic N) is 4. The van der Waals surface area contributed by atoms with Crippen molar-refractivity contribution in [3.63, 3.8) is 0 Å². The van der Waals surface area contributed by atoms with Gasteiger partial charge in [-0.3, -0.25) is 0 Å². The Kier molecular flexibility index (Phi) is 2.25. The molecule has 86 valence electrons. The summed E-state index contributed by atoms with van der Waals surface area (Å²) < 4.78 is 8.95. The minimum Gasteiger partial charge on any atom is -0.481 e. The van der Waals surface area contributed by atoms with Gasteiger partial charge < -0.3 is 9.72 Å². The van der Waals surface area contributed by atoms with Gasteiger partial charge in [-0.1, -0.05) is 4.49 Å². The minimum atomic E-state index is 0.551. The number of pyridine rings is 1. The number of imidazole rings is 1. The van der Waals surface area contributed by atoms with E-state index in [1.165, 1.54) is 11.5 Å². The van der Waals surface area contributed by atoms with E-state index in [2.05, 4.69) is 24.5 Å². The highest BCUT2D eigenvalue weighted by atomic mass is 32.1. The van der Waals surface area contributed by atoms with Crippen LogP contribution >= 0.6 is 11.5 Å². The van der Waals surface area contributed by atoms with Crippen molar-refractivity contribution in [2.24, 2.45) is 0 Å². The largest absolute Gasteiger partial charge is 0.481 e. The van der Waals surface area contributed by atoms with E-state index in [0.717, 1.165) is 21.9 Å². The number of aromatic amines is 1. The summed E-state index contributed by atoms with van der Waals surface area (Å²) in [7, 11) is 1.58. The molecule has 7 heteroatoms. The Morgan fingerprint density at radius 3 is 2.88 bits per heavy atom. The van der Waals surface area contributed by atoms with Crippen LogP contribution in [0.3, 0.4) is 0 Å². The average molecular weight is 247 g/mol. The van der Waals surface area contributed by atoms with Gasteiger partial charge in [-0.2, -0.15) is 4.98 Å². The van der Waals surface area contributed by atoms with E-state index >= 15 is 0 Å². The summed E-state index contributed by atoms with van der Waals surface area (Å²) >= 11 is 1.31. The van der Waals surface area contributed by atoms with E-state index in [0.29, 0.717) is 11.5 Å². The minimum absolute atomic E-state index is 0.551. The molecule has 0 saturated carbocycles. The molecule has 1 N–H and O–H groups in total. The fourth-order valence-electron chi connectivity index (χ4n) is 1.54. The highest BCUT2D eigenvalue weighted by Crippen LogP contribution is 2.25. The van der Waals surface area contributed by atoms with Crippen LogP contribution in [0.1, 0.15) is 5.69 Å². The highest BCUT2D eigenvalue weighted by molar-refractivity contribution is 7.09. The number of hydrogen-bond acceptors (Lipinski definition) is 6. The summed E-state index contributed by atoms with van der Waals surface area (Å²) in [5, 5.41) is 3.96. The van der Waals surface area contributed by atoms with Crippen LogP contribution in [0.2, 0.25) is 0 Å². The van der Waals surface area contributed by atoms with Crippen LogP contribution in [0.5, 0.6) is 5.88 Å². The van der Waals surface area contributed by atoms with Gasteiger partial charge in [0.05, 0.1) is 18.3 Å². The first-order valence-electron chi connectivity index (χ1n) is 4.98. The predicted octanol–water partition coefficient (Wildman–Crippen LogP) is 1.79. The first-order valence-corrected chi connectivity index (χ1v) is 5.75. The molecule has 17 heavy (non-hydrogen) atoms. The third-order valence-corrected chi connectivity index (χ3v) is 3.23. The van der Waals surface area contributed by atoms with Gasteiger partial charge in [-0.15, -0.1) is 5.10 Å². The monoisotopic (exact) mass is 247 g/mol. The number of hydrogen-bond donors (Lipinski definition) is 1. The molecule has 3 aromatic heterocycles. The highest BCUT2D eigenvalue weighted by Gasteiger charge is 2.12. The molecule has 0 atom stereocenters. The molecule has 0 saturated heterocycles. The first-order chi connectivity index (χ1) is 8.28. The van der Waals surface area contributed by atoms with Crippen molar-refractivity contribution in [2.75, 3.05) is 7.11 Å². The zero-order valence-electron chi connectivity index (χ0n) is 9.26. The van der Waals surface area contributed by atoms with Gasteiger partial charge >= 0.3 is 0 Å². The lowest BCUT2D eigenvalue weighted by molar-refractivity contribution is 0.399. The van der Waals surface area contributed by atoms with E-state index in [9.17, 15) is 0 Å². The Bertz CT molecular complexity index is 674. The lowest BCUT2D eigenvalue weighted by atomic mass is 10.4. The lowest BCUT2D eigenvalue weighted by Crippen LogP contribution is -1.86. The van der Waals surface area contributed by atoms with E-state index in [4.69, 9.17) is 4.74 Å². The van der Waals surface area contributed by atoms with Crippen molar-refractivity contribution in [3.05, 3.63) is 17.8 Å². The van der Waals surface area contributed by atoms with Crippen molar-refractivity contribution in [1.29, 1.82) is 0 Å². The second kappa shape index (κ2) is 3.77. The summed E-state index contributed by atoms with van der Waals surface area (Å²) in [5.74, 6) is 1.29. The van der Waals surface area contributed by atoms with Crippen LogP contribution in [0.4, 0.5) is 0 Å². The van der Waals surface area contributed by atoms with Crippen LogP contribution in [0, 0.1) is 6.92 Å². The number of nitrogens with one attached hydrogen (secondary N) is 1. The number of ether oxygens (including phenoxy) is 1. The molecule has 3 aromatic rings. The molecular formula is C10H9N5OS. The van der Waals surface area contributed by atoms with Crippen LogP contribution < -0.4 is 4.74 Å². The van der Waals surface area contributed by atoms with Gasteiger partial charge in [-0.05, 0) is 24.5 Å². The Morgan fingerprint density at radius 2 is 2.18 bits per heavy atom. The Labute approximate surface area is 101 Å². The molecule has 0 aliphatic rings. The molecule has 3 heterocycles. The average Bonchev–Trinajstić information content (AvgIpc) is 2.93. The topological polar surface area (TPSA) is 76.6 Å². The SMILES string of the molecule is COc1ccc2[nH]c(-c3snnc3C)nc2n1. The normalized spacial score (nSPS) is 10.9. The second-order valence-electron chi connectivity index (χ2n) is 3.50. The van der Waals surface area contributed by atoms with Crippen molar-refractivity contribution in [3.8, 4) is 16.6 Å². The molecule has 0 spiro atoms. The second-order valence-corrected chi connectivity index (χ2v) is 4.25. The maximum atomic E-state index is 5.06. The van der Waals surface area contributed by atoms with E-state index in [1.54, 1.807) is 13.2 Å². The summed E-state index contributed by atoms with van der Waals surface area (Å²) in [6.07, 6.45) is 0. The number of aromatic nitrogens is 5. The maximum Gasteiger partial charge on any atom is 0.215 e. The molecule has 0 unspecified atom stereocenters. The molecule has 0 fully saturated rings. The molecule has 0 aliphatic carbocycles. The van der Waals surface area contributed by atoms with Crippen molar-refractivity contribution < 1.29 is 4.74 Å². The zero-order valence-corrected chi connectivity index (χ0v) is 10.1. The van der Waals surface area contributed by atoms with Gasteiger partial charge in [0.15, 0.2) is 11.5 Å². The van der Waals surface area contributed by atoms with Crippen LogP contribution in [-0.4, -0.2) is 31.6 Å². The van der Waals surface area contributed by atoms with Crippen LogP contribution in [0.15, 0.2) is 12.1 Å². The van der Waals surface area contributed by atoms with Crippen LogP contribution in [0.25, 0.3) is 21.9 Å². The van der Waals surface area contributed by atoms with E-state index in [1.807, 2.05) is 13.0 Å². The predicted molar refractivity (Wildman–Crippen MR) is 64.1 cm³/mol. The molecule has 6 nitrogen and oxygen atoms in total. The van der Waals surface area contributed by atoms with Gasteiger partial charge in [0.25, 0.3) is 0 Å². The molecular weight excluding hydrogens is 238 g/mol. The molecule has 0 bridgehead atoms. The summed E-state index contributed by atoms with van der Waals surface area (Å²) in [6.45, 7) is 1.90. The molecule has 3 rings (SSSR count). The Balaban J connectivity index is 2.17. The lowest BCUT2D eigenvalue weighted by Gasteiger charge is -1.95. The number of fused-ring (bicyclic) bond motifs is 1. The van der Waals surface area contributed by atoms with Gasteiger partial charge in [0, 0.05) is 6.07 Å². The molecule has 0 radical (unpaired) electrons. The fraction of sp³-hybridized carbons (Fsp3) is 0.200. The third kappa shape index (κ3) is 1.64. The van der Waals surface area contributed by atoms with Crippen molar-refractivity contribution in [1.82, 2.24) is 24.5 Å².